The summed E-state index contributed by atoms with van der Waals surface area (Å²) in [6.45, 7) is 7.48. The molecule has 1 aliphatic heterocycles. The Labute approximate surface area is 124 Å². The SMILES string of the molecule is Cc1sc2ncnc(N3CCCCC3C(C)N)c2c1C. The third kappa shape index (κ3) is 2.19. The molecular formula is C15H22N4S. The molecule has 2 N–H and O–H groups in total. The first kappa shape index (κ1) is 13.8. The fourth-order valence-electron chi connectivity index (χ4n) is 3.15. The number of hydrogen-bond acceptors (Lipinski definition) is 5. The van der Waals surface area contributed by atoms with E-state index in [9.17, 15) is 0 Å². The Morgan fingerprint density at radius 1 is 1.35 bits per heavy atom. The number of nitrogens with two attached hydrogens (primary N) is 1. The van der Waals surface area contributed by atoms with Crippen LogP contribution < -0.4 is 10.6 Å². The van der Waals surface area contributed by atoms with Crippen LogP contribution in [0.2, 0.25) is 0 Å². The Morgan fingerprint density at radius 3 is 2.90 bits per heavy atom. The minimum atomic E-state index is 0.167. The average Bonchev–Trinajstić information content (AvgIpc) is 2.74. The predicted molar refractivity (Wildman–Crippen MR) is 85.5 cm³/mol. The molecule has 2 aromatic heterocycles. The van der Waals surface area contributed by atoms with E-state index in [0.29, 0.717) is 6.04 Å². The van der Waals surface area contributed by atoms with E-state index in [1.54, 1.807) is 17.7 Å². The van der Waals surface area contributed by atoms with Crippen molar-refractivity contribution in [3.05, 3.63) is 16.8 Å². The van der Waals surface area contributed by atoms with E-state index in [4.69, 9.17) is 5.73 Å². The molecule has 108 valence electrons. The highest BCUT2D eigenvalue weighted by Gasteiger charge is 2.28. The lowest BCUT2D eigenvalue weighted by molar-refractivity contribution is 0.411. The predicted octanol–water partition coefficient (Wildman–Crippen LogP) is 3.01. The lowest BCUT2D eigenvalue weighted by Gasteiger charge is -2.39. The van der Waals surface area contributed by atoms with Gasteiger partial charge in [0.25, 0.3) is 0 Å². The fraction of sp³-hybridized carbons (Fsp3) is 0.600. The number of thiophene rings is 1. The number of aromatic nitrogens is 2. The molecule has 2 atom stereocenters. The minimum absolute atomic E-state index is 0.167. The number of nitrogens with zero attached hydrogens (tertiary/aromatic N) is 3. The second-order valence-corrected chi connectivity index (χ2v) is 6.98. The monoisotopic (exact) mass is 290 g/mol. The van der Waals surface area contributed by atoms with Gasteiger partial charge < -0.3 is 10.6 Å². The second-order valence-electron chi connectivity index (χ2n) is 5.78. The molecule has 3 heterocycles. The van der Waals surface area contributed by atoms with Crippen LogP contribution in [-0.2, 0) is 0 Å². The number of piperidine rings is 1. The zero-order chi connectivity index (χ0) is 14.3. The molecule has 0 amide bonds. The smallest absolute Gasteiger partial charge is 0.141 e. The first-order valence-electron chi connectivity index (χ1n) is 7.32. The van der Waals surface area contributed by atoms with E-state index >= 15 is 0 Å². The molecule has 2 aromatic rings. The van der Waals surface area contributed by atoms with Gasteiger partial charge in [-0.3, -0.25) is 0 Å². The van der Waals surface area contributed by atoms with Crippen molar-refractivity contribution in [2.75, 3.05) is 11.4 Å². The van der Waals surface area contributed by atoms with Gasteiger partial charge >= 0.3 is 0 Å². The Morgan fingerprint density at radius 2 is 2.15 bits per heavy atom. The highest BCUT2D eigenvalue weighted by molar-refractivity contribution is 7.18. The zero-order valence-corrected chi connectivity index (χ0v) is 13.2. The number of fused-ring (bicyclic) bond motifs is 1. The maximum atomic E-state index is 6.20. The van der Waals surface area contributed by atoms with Crippen LogP contribution in [0.1, 0.15) is 36.6 Å². The first-order valence-corrected chi connectivity index (χ1v) is 8.14. The van der Waals surface area contributed by atoms with E-state index in [1.165, 1.54) is 28.7 Å². The molecule has 5 heteroatoms. The van der Waals surface area contributed by atoms with Gasteiger partial charge in [-0.2, -0.15) is 0 Å². The molecule has 2 unspecified atom stereocenters. The Bertz CT molecular complexity index is 620. The fourth-order valence-corrected chi connectivity index (χ4v) is 4.14. The second kappa shape index (κ2) is 5.30. The van der Waals surface area contributed by atoms with Crippen LogP contribution in [0.25, 0.3) is 10.2 Å². The summed E-state index contributed by atoms with van der Waals surface area (Å²) in [5.74, 6) is 1.08. The third-order valence-corrected chi connectivity index (χ3v) is 5.49. The number of rotatable bonds is 2. The Balaban J connectivity index is 2.12. The summed E-state index contributed by atoms with van der Waals surface area (Å²) >= 11 is 1.76. The Kier molecular flexibility index (Phi) is 3.65. The van der Waals surface area contributed by atoms with Crippen molar-refractivity contribution in [1.82, 2.24) is 9.97 Å². The van der Waals surface area contributed by atoms with Crippen molar-refractivity contribution < 1.29 is 0 Å². The topological polar surface area (TPSA) is 55.0 Å². The van der Waals surface area contributed by atoms with Crippen LogP contribution in [0.15, 0.2) is 6.33 Å². The lowest BCUT2D eigenvalue weighted by atomic mass is 9.96. The number of aryl methyl sites for hydroxylation is 2. The molecule has 0 aromatic carbocycles. The van der Waals surface area contributed by atoms with Gasteiger partial charge in [-0.05, 0) is 45.6 Å². The maximum absolute atomic E-state index is 6.20. The highest BCUT2D eigenvalue weighted by Crippen LogP contribution is 2.36. The van der Waals surface area contributed by atoms with Crippen molar-refractivity contribution in [1.29, 1.82) is 0 Å². The zero-order valence-electron chi connectivity index (χ0n) is 12.4. The van der Waals surface area contributed by atoms with Crippen molar-refractivity contribution in [2.45, 2.75) is 52.1 Å². The number of hydrogen-bond donors (Lipinski definition) is 1. The molecule has 0 spiro atoms. The highest BCUT2D eigenvalue weighted by atomic mass is 32.1. The van der Waals surface area contributed by atoms with Crippen LogP contribution in [-0.4, -0.2) is 28.6 Å². The normalized spacial score (nSPS) is 21.4. The van der Waals surface area contributed by atoms with Gasteiger partial charge in [0.1, 0.15) is 17.0 Å². The summed E-state index contributed by atoms with van der Waals surface area (Å²) in [6, 6.07) is 0.557. The van der Waals surface area contributed by atoms with E-state index in [2.05, 4.69) is 35.6 Å². The largest absolute Gasteiger partial charge is 0.351 e. The van der Waals surface area contributed by atoms with Gasteiger partial charge in [0.2, 0.25) is 0 Å². The van der Waals surface area contributed by atoms with Crippen molar-refractivity contribution in [3.8, 4) is 0 Å². The van der Waals surface area contributed by atoms with E-state index in [0.717, 1.165) is 23.6 Å². The summed E-state index contributed by atoms with van der Waals surface area (Å²) in [5.41, 5.74) is 7.51. The molecule has 3 rings (SSSR count). The minimum Gasteiger partial charge on any atom is -0.351 e. The van der Waals surface area contributed by atoms with Crippen LogP contribution in [0.3, 0.4) is 0 Å². The molecular weight excluding hydrogens is 268 g/mol. The van der Waals surface area contributed by atoms with Crippen LogP contribution in [0, 0.1) is 13.8 Å². The Hall–Kier alpha value is -1.20. The molecule has 20 heavy (non-hydrogen) atoms. The van der Waals surface area contributed by atoms with Gasteiger partial charge in [-0.15, -0.1) is 11.3 Å². The standard InChI is InChI=1S/C15H22N4S/c1-9-11(3)20-15-13(9)14(17-8-18-15)19-7-5-4-6-12(19)10(2)16/h8,10,12H,4-7,16H2,1-3H3. The quantitative estimate of drug-likeness (QED) is 0.923. The summed E-state index contributed by atoms with van der Waals surface area (Å²) in [6.07, 6.45) is 5.33. The molecule has 0 bridgehead atoms. The van der Waals surface area contributed by atoms with E-state index < -0.39 is 0 Å². The summed E-state index contributed by atoms with van der Waals surface area (Å²) in [4.78, 5) is 13.9. The van der Waals surface area contributed by atoms with Crippen molar-refractivity contribution in [3.63, 3.8) is 0 Å². The molecule has 0 radical (unpaired) electrons. The van der Waals surface area contributed by atoms with Crippen LogP contribution in [0.5, 0.6) is 0 Å². The molecule has 1 aliphatic rings. The van der Waals surface area contributed by atoms with Crippen LogP contribution >= 0.6 is 11.3 Å². The van der Waals surface area contributed by atoms with Crippen molar-refractivity contribution >= 4 is 27.4 Å². The first-order chi connectivity index (χ1) is 9.59. The van der Waals surface area contributed by atoms with Gasteiger partial charge in [-0.1, -0.05) is 0 Å². The van der Waals surface area contributed by atoms with Crippen molar-refractivity contribution in [2.24, 2.45) is 5.73 Å². The maximum Gasteiger partial charge on any atom is 0.141 e. The van der Waals surface area contributed by atoms with E-state index in [1.807, 2.05) is 0 Å². The molecule has 0 aliphatic carbocycles. The van der Waals surface area contributed by atoms with E-state index in [-0.39, 0.29) is 6.04 Å². The lowest BCUT2D eigenvalue weighted by Crippen LogP contribution is -2.49. The molecule has 4 nitrogen and oxygen atoms in total. The number of anilines is 1. The summed E-state index contributed by atoms with van der Waals surface area (Å²) in [5, 5.41) is 1.22. The molecule has 0 saturated carbocycles. The van der Waals surface area contributed by atoms with Gasteiger partial charge in [0.05, 0.1) is 5.39 Å². The van der Waals surface area contributed by atoms with Gasteiger partial charge in [-0.25, -0.2) is 9.97 Å². The average molecular weight is 290 g/mol. The van der Waals surface area contributed by atoms with Gasteiger partial charge in [0.15, 0.2) is 0 Å². The molecule has 1 saturated heterocycles. The van der Waals surface area contributed by atoms with Crippen LogP contribution in [0.4, 0.5) is 5.82 Å². The molecule has 1 fully saturated rings. The summed E-state index contributed by atoms with van der Waals surface area (Å²) in [7, 11) is 0. The third-order valence-electron chi connectivity index (χ3n) is 4.37. The van der Waals surface area contributed by atoms with Gasteiger partial charge in [0, 0.05) is 23.5 Å². The summed E-state index contributed by atoms with van der Waals surface area (Å²) < 4.78 is 0.